The molecule has 0 unspecified atom stereocenters. The van der Waals surface area contributed by atoms with Gasteiger partial charge in [0.15, 0.2) is 0 Å². The molecule has 1 heterocycles. The zero-order chi connectivity index (χ0) is 19.3. The standard InChI is InChI=1S/C18H19Cl2NO5/c1-24-7-6-21-9-13(17(22)25-2)16(14(10-21)18(23)26-3)12-5-4-11(19)8-15(12)20/h4-5,8-10,16H,6-7H2,1-3H3. The van der Waals surface area contributed by atoms with E-state index in [9.17, 15) is 9.59 Å². The summed E-state index contributed by atoms with van der Waals surface area (Å²) >= 11 is 12.3. The molecule has 0 aromatic heterocycles. The average molecular weight is 400 g/mol. The third-order valence-electron chi connectivity index (χ3n) is 3.90. The van der Waals surface area contributed by atoms with Crippen LogP contribution in [0.5, 0.6) is 0 Å². The topological polar surface area (TPSA) is 65.1 Å². The number of hydrogen-bond donors (Lipinski definition) is 0. The van der Waals surface area contributed by atoms with Gasteiger partial charge in [0.2, 0.25) is 0 Å². The average Bonchev–Trinajstić information content (AvgIpc) is 2.64. The van der Waals surface area contributed by atoms with E-state index in [1.54, 1.807) is 42.6 Å². The van der Waals surface area contributed by atoms with Crippen LogP contribution < -0.4 is 0 Å². The Morgan fingerprint density at radius 3 is 2.08 bits per heavy atom. The Bertz CT molecular complexity index is 726. The molecule has 8 heteroatoms. The molecule has 0 radical (unpaired) electrons. The molecule has 0 aliphatic carbocycles. The van der Waals surface area contributed by atoms with Gasteiger partial charge in [-0.25, -0.2) is 9.59 Å². The monoisotopic (exact) mass is 399 g/mol. The Morgan fingerprint density at radius 1 is 1.04 bits per heavy atom. The minimum Gasteiger partial charge on any atom is -0.466 e. The van der Waals surface area contributed by atoms with Crippen molar-refractivity contribution in [1.82, 2.24) is 4.90 Å². The summed E-state index contributed by atoms with van der Waals surface area (Å²) in [7, 11) is 4.12. The molecule has 140 valence electrons. The molecule has 0 amide bonds. The van der Waals surface area contributed by atoms with Gasteiger partial charge in [0, 0.05) is 36.1 Å². The fourth-order valence-electron chi connectivity index (χ4n) is 2.68. The maximum atomic E-state index is 12.4. The van der Waals surface area contributed by atoms with Crippen LogP contribution in [0.1, 0.15) is 11.5 Å². The maximum absolute atomic E-state index is 12.4. The maximum Gasteiger partial charge on any atom is 0.336 e. The van der Waals surface area contributed by atoms with Crippen LogP contribution in [0.2, 0.25) is 10.0 Å². The lowest BCUT2D eigenvalue weighted by Crippen LogP contribution is -2.30. The number of benzene rings is 1. The summed E-state index contributed by atoms with van der Waals surface area (Å²) in [6, 6.07) is 4.87. The highest BCUT2D eigenvalue weighted by atomic mass is 35.5. The number of ether oxygens (including phenoxy) is 3. The molecule has 0 spiro atoms. The summed E-state index contributed by atoms with van der Waals surface area (Å²) in [5, 5.41) is 0.779. The summed E-state index contributed by atoms with van der Waals surface area (Å²) in [5.41, 5.74) is 1.07. The van der Waals surface area contributed by atoms with Gasteiger partial charge >= 0.3 is 11.9 Å². The fourth-order valence-corrected chi connectivity index (χ4v) is 3.20. The van der Waals surface area contributed by atoms with Crippen molar-refractivity contribution in [2.24, 2.45) is 0 Å². The molecule has 1 aliphatic rings. The lowest BCUT2D eigenvalue weighted by Gasteiger charge is -2.30. The zero-order valence-electron chi connectivity index (χ0n) is 14.6. The molecule has 0 bridgehead atoms. The first-order chi connectivity index (χ1) is 12.4. The van der Waals surface area contributed by atoms with Crippen LogP contribution in [-0.2, 0) is 23.8 Å². The summed E-state index contributed by atoms with van der Waals surface area (Å²) in [6.45, 7) is 0.848. The number of carbonyl (C=O) groups excluding carboxylic acids is 2. The second-order valence-corrected chi connectivity index (χ2v) is 6.33. The molecule has 0 fully saturated rings. The molecule has 26 heavy (non-hydrogen) atoms. The molecule has 0 saturated heterocycles. The Hall–Kier alpha value is -2.02. The predicted molar refractivity (Wildman–Crippen MR) is 98.0 cm³/mol. The number of methoxy groups -OCH3 is 3. The van der Waals surface area contributed by atoms with Gasteiger partial charge in [0.25, 0.3) is 0 Å². The molecule has 2 rings (SSSR count). The third-order valence-corrected chi connectivity index (χ3v) is 4.46. The molecular formula is C18H19Cl2NO5. The predicted octanol–water partition coefficient (Wildman–Crippen LogP) is 3.15. The van der Waals surface area contributed by atoms with Gasteiger partial charge in [0.05, 0.1) is 37.9 Å². The van der Waals surface area contributed by atoms with Crippen LogP contribution in [0.4, 0.5) is 0 Å². The number of nitrogens with zero attached hydrogens (tertiary/aromatic N) is 1. The molecular weight excluding hydrogens is 381 g/mol. The van der Waals surface area contributed by atoms with E-state index in [0.29, 0.717) is 28.8 Å². The first kappa shape index (κ1) is 20.3. The number of esters is 2. The number of rotatable bonds is 6. The summed E-state index contributed by atoms with van der Waals surface area (Å²) in [5.74, 6) is -1.88. The van der Waals surface area contributed by atoms with E-state index in [1.807, 2.05) is 0 Å². The minimum atomic E-state index is -0.738. The Balaban J connectivity index is 2.59. The Kier molecular flexibility index (Phi) is 7.08. The van der Waals surface area contributed by atoms with Gasteiger partial charge in [-0.3, -0.25) is 0 Å². The van der Waals surface area contributed by atoms with E-state index in [0.717, 1.165) is 0 Å². The SMILES string of the molecule is COCCN1C=C(C(=O)OC)C(c2ccc(Cl)cc2Cl)C(C(=O)OC)=C1. The van der Waals surface area contributed by atoms with Crippen molar-refractivity contribution < 1.29 is 23.8 Å². The highest BCUT2D eigenvalue weighted by molar-refractivity contribution is 6.35. The van der Waals surface area contributed by atoms with Crippen molar-refractivity contribution >= 4 is 35.1 Å². The number of hydrogen-bond acceptors (Lipinski definition) is 6. The van der Waals surface area contributed by atoms with Gasteiger partial charge in [-0.05, 0) is 17.7 Å². The van der Waals surface area contributed by atoms with E-state index < -0.39 is 17.9 Å². The van der Waals surface area contributed by atoms with Gasteiger partial charge in [0.1, 0.15) is 0 Å². The van der Waals surface area contributed by atoms with Crippen molar-refractivity contribution in [3.63, 3.8) is 0 Å². The lowest BCUT2D eigenvalue weighted by atomic mass is 9.83. The molecule has 6 nitrogen and oxygen atoms in total. The van der Waals surface area contributed by atoms with Crippen LogP contribution in [0, 0.1) is 0 Å². The van der Waals surface area contributed by atoms with Crippen molar-refractivity contribution in [3.05, 3.63) is 57.4 Å². The van der Waals surface area contributed by atoms with Crippen LogP contribution >= 0.6 is 23.2 Å². The van der Waals surface area contributed by atoms with Crippen molar-refractivity contribution in [1.29, 1.82) is 0 Å². The van der Waals surface area contributed by atoms with Crippen LogP contribution in [0.25, 0.3) is 0 Å². The lowest BCUT2D eigenvalue weighted by molar-refractivity contribution is -0.137. The third kappa shape index (κ3) is 4.38. The van der Waals surface area contributed by atoms with Crippen molar-refractivity contribution in [3.8, 4) is 0 Å². The highest BCUT2D eigenvalue weighted by Gasteiger charge is 2.36. The Morgan fingerprint density at radius 2 is 1.62 bits per heavy atom. The second kappa shape index (κ2) is 9.07. The first-order valence-electron chi connectivity index (χ1n) is 7.72. The quantitative estimate of drug-likeness (QED) is 0.684. The summed E-state index contributed by atoms with van der Waals surface area (Å²) < 4.78 is 14.9. The van der Waals surface area contributed by atoms with E-state index >= 15 is 0 Å². The number of halogens is 2. The van der Waals surface area contributed by atoms with Gasteiger partial charge in [-0.15, -0.1) is 0 Å². The molecule has 0 saturated carbocycles. The summed E-state index contributed by atoms with van der Waals surface area (Å²) in [6.07, 6.45) is 3.24. The molecule has 1 aliphatic heterocycles. The smallest absolute Gasteiger partial charge is 0.336 e. The zero-order valence-corrected chi connectivity index (χ0v) is 16.1. The van der Waals surface area contributed by atoms with Crippen molar-refractivity contribution in [2.45, 2.75) is 5.92 Å². The van der Waals surface area contributed by atoms with E-state index in [1.165, 1.54) is 14.2 Å². The van der Waals surface area contributed by atoms with E-state index in [-0.39, 0.29) is 11.1 Å². The van der Waals surface area contributed by atoms with Crippen LogP contribution in [0.3, 0.4) is 0 Å². The van der Waals surface area contributed by atoms with Crippen LogP contribution in [0.15, 0.2) is 41.7 Å². The largest absolute Gasteiger partial charge is 0.466 e. The normalized spacial score (nSPS) is 14.6. The molecule has 1 aromatic rings. The van der Waals surface area contributed by atoms with E-state index in [4.69, 9.17) is 37.4 Å². The molecule has 1 aromatic carbocycles. The highest BCUT2D eigenvalue weighted by Crippen LogP contribution is 2.40. The number of carbonyl (C=O) groups is 2. The second-order valence-electron chi connectivity index (χ2n) is 5.48. The van der Waals surface area contributed by atoms with Crippen molar-refractivity contribution in [2.75, 3.05) is 34.5 Å². The molecule has 0 N–H and O–H groups in total. The Labute approximate surface area is 161 Å². The minimum absolute atomic E-state index is 0.260. The molecule has 0 atom stereocenters. The summed E-state index contributed by atoms with van der Waals surface area (Å²) in [4.78, 5) is 26.5. The van der Waals surface area contributed by atoms with Gasteiger partial charge in [-0.2, -0.15) is 0 Å². The van der Waals surface area contributed by atoms with Crippen LogP contribution in [-0.4, -0.2) is 51.3 Å². The van der Waals surface area contributed by atoms with Gasteiger partial charge in [-0.1, -0.05) is 29.3 Å². The van der Waals surface area contributed by atoms with E-state index in [2.05, 4.69) is 0 Å². The fraction of sp³-hybridized carbons (Fsp3) is 0.333. The first-order valence-corrected chi connectivity index (χ1v) is 8.48. The van der Waals surface area contributed by atoms with Gasteiger partial charge < -0.3 is 19.1 Å².